The molecule has 7 heteroatoms. The molecular weight excluding hydrogens is 502 g/mol. The highest BCUT2D eigenvalue weighted by molar-refractivity contribution is 5.96. The molecule has 1 atom stereocenters. The largest absolute Gasteiger partial charge is 0.478 e. The Morgan fingerprint density at radius 3 is 2.52 bits per heavy atom. The van der Waals surface area contributed by atoms with Crippen molar-refractivity contribution in [2.75, 3.05) is 0 Å². The van der Waals surface area contributed by atoms with Crippen LogP contribution in [0.25, 0.3) is 16.8 Å². The van der Waals surface area contributed by atoms with Gasteiger partial charge in [0.25, 0.3) is 0 Å². The number of carboxylic acids is 1. The van der Waals surface area contributed by atoms with Gasteiger partial charge in [-0.05, 0) is 67.0 Å². The minimum Gasteiger partial charge on any atom is -0.478 e. The highest BCUT2D eigenvalue weighted by atomic mass is 16.6. The number of aromatic nitrogens is 2. The van der Waals surface area contributed by atoms with Crippen molar-refractivity contribution in [3.05, 3.63) is 94.9 Å². The van der Waals surface area contributed by atoms with Gasteiger partial charge in [-0.3, -0.25) is 4.40 Å². The molecule has 208 valence electrons. The molecule has 2 aromatic heterocycles. The average Bonchev–Trinajstić information content (AvgIpc) is 3.41. The van der Waals surface area contributed by atoms with E-state index in [2.05, 4.69) is 18.4 Å². The summed E-state index contributed by atoms with van der Waals surface area (Å²) < 4.78 is 8.23. The molecule has 0 spiro atoms. The van der Waals surface area contributed by atoms with Crippen LogP contribution in [0.3, 0.4) is 0 Å². The fourth-order valence-corrected chi connectivity index (χ4v) is 5.57. The maximum atomic E-state index is 13.2. The average molecular weight is 540 g/mol. The van der Waals surface area contributed by atoms with Crippen LogP contribution in [0.1, 0.15) is 90.8 Å². The number of rotatable bonds is 9. The molecule has 0 unspecified atom stereocenters. The predicted molar refractivity (Wildman–Crippen MR) is 156 cm³/mol. The van der Waals surface area contributed by atoms with Crippen LogP contribution < -0.4 is 5.32 Å². The van der Waals surface area contributed by atoms with E-state index in [1.54, 1.807) is 18.2 Å². The van der Waals surface area contributed by atoms with Gasteiger partial charge in [-0.25, -0.2) is 14.6 Å². The monoisotopic (exact) mass is 539 g/mol. The van der Waals surface area contributed by atoms with Crippen LogP contribution in [0.2, 0.25) is 0 Å². The fraction of sp³-hybridized carbons (Fsp3) is 0.364. The van der Waals surface area contributed by atoms with Gasteiger partial charge in [-0.1, -0.05) is 81.1 Å². The molecule has 1 aliphatic carbocycles. The number of carboxylic acid groups (broad SMARTS) is 1. The van der Waals surface area contributed by atoms with Gasteiger partial charge in [0, 0.05) is 12.2 Å². The van der Waals surface area contributed by atoms with Crippen molar-refractivity contribution in [3.63, 3.8) is 0 Å². The number of fused-ring (bicyclic) bond motifs is 1. The second-order valence-corrected chi connectivity index (χ2v) is 10.7. The number of nitrogens with zero attached hydrogens (tertiary/aromatic N) is 2. The SMILES string of the molecule is CCCCc1cn2c([C@H](OC(=O)NC3CCCCC3)c3ccc(-c4ccccc4C(=O)O)cc3)ccc(C)c2n1. The molecule has 1 aliphatic rings. The number of aryl methyl sites for hydroxylation is 2. The van der Waals surface area contributed by atoms with Gasteiger partial charge in [0.05, 0.1) is 17.0 Å². The number of carbonyl (C=O) groups excluding carboxylic acids is 1. The Labute approximate surface area is 235 Å². The smallest absolute Gasteiger partial charge is 0.408 e. The summed E-state index contributed by atoms with van der Waals surface area (Å²) >= 11 is 0. The lowest BCUT2D eigenvalue weighted by Gasteiger charge is -2.25. The van der Waals surface area contributed by atoms with Crippen LogP contribution in [0.5, 0.6) is 0 Å². The first-order valence-corrected chi connectivity index (χ1v) is 14.3. The number of nitrogens with one attached hydrogen (secondary N) is 1. The lowest BCUT2D eigenvalue weighted by Crippen LogP contribution is -2.37. The molecule has 0 bridgehead atoms. The Hall–Kier alpha value is -4.13. The second kappa shape index (κ2) is 12.4. The van der Waals surface area contributed by atoms with Crippen molar-refractivity contribution in [1.82, 2.24) is 14.7 Å². The van der Waals surface area contributed by atoms with E-state index in [1.807, 2.05) is 53.8 Å². The van der Waals surface area contributed by atoms with Crippen LogP contribution in [0, 0.1) is 6.92 Å². The predicted octanol–water partition coefficient (Wildman–Crippen LogP) is 7.50. The highest BCUT2D eigenvalue weighted by Gasteiger charge is 2.25. The third kappa shape index (κ3) is 6.03. The molecule has 40 heavy (non-hydrogen) atoms. The Bertz CT molecular complexity index is 1490. The van der Waals surface area contributed by atoms with Crippen LogP contribution in [0.4, 0.5) is 4.79 Å². The van der Waals surface area contributed by atoms with E-state index in [-0.39, 0.29) is 11.6 Å². The summed E-state index contributed by atoms with van der Waals surface area (Å²) in [5.41, 5.74) is 6.20. The van der Waals surface area contributed by atoms with Gasteiger partial charge in [-0.2, -0.15) is 0 Å². The molecule has 0 radical (unpaired) electrons. The number of imidazole rings is 1. The zero-order valence-electron chi connectivity index (χ0n) is 23.2. The summed E-state index contributed by atoms with van der Waals surface area (Å²) in [6.45, 7) is 4.20. The standard InChI is InChI=1S/C33H37N3O4/c1-3-4-10-26-21-36-29(20-15-22(2)31(36)34-26)30(40-33(39)35-25-11-6-5-7-12-25)24-18-16-23(17-19-24)27-13-8-9-14-28(27)32(37)38/h8-9,13-21,25,30H,3-7,10-12H2,1-2H3,(H,35,39)(H,37,38)/t30-/m1/s1. The topological polar surface area (TPSA) is 92.9 Å². The number of carbonyl (C=O) groups is 2. The van der Waals surface area contributed by atoms with Crippen molar-refractivity contribution in [2.24, 2.45) is 0 Å². The number of hydrogen-bond acceptors (Lipinski definition) is 4. The number of ether oxygens (including phenoxy) is 1. The van der Waals surface area contributed by atoms with Crippen molar-refractivity contribution in [3.8, 4) is 11.1 Å². The third-order valence-corrected chi connectivity index (χ3v) is 7.78. The molecule has 2 heterocycles. The lowest BCUT2D eigenvalue weighted by atomic mass is 9.96. The van der Waals surface area contributed by atoms with Crippen molar-refractivity contribution in [1.29, 1.82) is 0 Å². The summed E-state index contributed by atoms with van der Waals surface area (Å²) in [4.78, 5) is 29.9. The molecular formula is C33H37N3O4. The van der Waals surface area contributed by atoms with Gasteiger partial charge in [0.2, 0.25) is 0 Å². The number of unbranched alkanes of at least 4 members (excludes halogenated alkanes) is 1. The molecule has 1 saturated carbocycles. The lowest BCUT2D eigenvalue weighted by molar-refractivity contribution is 0.0697. The number of hydrogen-bond donors (Lipinski definition) is 2. The van der Waals surface area contributed by atoms with Gasteiger partial charge in [0.15, 0.2) is 6.10 Å². The van der Waals surface area contributed by atoms with E-state index in [1.165, 1.54) is 6.42 Å². The van der Waals surface area contributed by atoms with E-state index >= 15 is 0 Å². The normalized spacial score (nSPS) is 14.7. The first kappa shape index (κ1) is 27.4. The quantitative estimate of drug-likeness (QED) is 0.230. The number of aromatic carboxylic acids is 1. The van der Waals surface area contributed by atoms with Gasteiger partial charge in [-0.15, -0.1) is 0 Å². The van der Waals surface area contributed by atoms with E-state index in [9.17, 15) is 14.7 Å². The fourth-order valence-electron chi connectivity index (χ4n) is 5.57. The van der Waals surface area contributed by atoms with Gasteiger partial charge in [0.1, 0.15) is 5.65 Å². The van der Waals surface area contributed by atoms with Gasteiger partial charge >= 0.3 is 12.1 Å². The van der Waals surface area contributed by atoms with Crippen LogP contribution in [0.15, 0.2) is 66.9 Å². The molecule has 0 aliphatic heterocycles. The van der Waals surface area contributed by atoms with Crippen LogP contribution in [-0.4, -0.2) is 32.6 Å². The number of benzene rings is 2. The Morgan fingerprint density at radius 1 is 1.05 bits per heavy atom. The van der Waals surface area contributed by atoms with E-state index < -0.39 is 18.2 Å². The van der Waals surface area contributed by atoms with E-state index in [4.69, 9.17) is 9.72 Å². The van der Waals surface area contributed by atoms with Crippen molar-refractivity contribution in [2.45, 2.75) is 77.4 Å². The Balaban J connectivity index is 1.52. The van der Waals surface area contributed by atoms with Crippen molar-refractivity contribution >= 4 is 17.7 Å². The van der Waals surface area contributed by atoms with E-state index in [0.717, 1.165) is 78.7 Å². The molecule has 2 aromatic carbocycles. The first-order chi connectivity index (χ1) is 19.4. The summed E-state index contributed by atoms with van der Waals surface area (Å²) in [5.74, 6) is -0.971. The minimum absolute atomic E-state index is 0.128. The van der Waals surface area contributed by atoms with Crippen molar-refractivity contribution < 1.29 is 19.4 Å². The van der Waals surface area contributed by atoms with Gasteiger partial charge < -0.3 is 15.2 Å². The number of amides is 1. The molecule has 0 saturated heterocycles. The second-order valence-electron chi connectivity index (χ2n) is 10.7. The molecule has 1 amide bonds. The Morgan fingerprint density at radius 2 is 1.80 bits per heavy atom. The minimum atomic E-state index is -0.971. The maximum Gasteiger partial charge on any atom is 0.408 e. The van der Waals surface area contributed by atoms with E-state index in [0.29, 0.717) is 5.56 Å². The van der Waals surface area contributed by atoms with Crippen LogP contribution >= 0.6 is 0 Å². The Kier molecular flexibility index (Phi) is 8.48. The number of pyridine rings is 1. The molecule has 4 aromatic rings. The zero-order valence-corrected chi connectivity index (χ0v) is 23.2. The molecule has 2 N–H and O–H groups in total. The highest BCUT2D eigenvalue weighted by Crippen LogP contribution is 2.32. The first-order valence-electron chi connectivity index (χ1n) is 14.3. The number of alkyl carbamates (subject to hydrolysis) is 1. The summed E-state index contributed by atoms with van der Waals surface area (Å²) in [7, 11) is 0. The summed E-state index contributed by atoms with van der Waals surface area (Å²) in [6.07, 6.45) is 9.34. The third-order valence-electron chi connectivity index (χ3n) is 7.78. The summed E-state index contributed by atoms with van der Waals surface area (Å²) in [6, 6.07) is 18.7. The van der Waals surface area contributed by atoms with Crippen LogP contribution in [-0.2, 0) is 11.2 Å². The molecule has 5 rings (SSSR count). The molecule has 1 fully saturated rings. The zero-order chi connectivity index (χ0) is 28.1. The maximum absolute atomic E-state index is 13.2. The molecule has 7 nitrogen and oxygen atoms in total. The summed E-state index contributed by atoms with van der Waals surface area (Å²) in [5, 5.41) is 12.7.